The number of nitriles is 1. The van der Waals surface area contributed by atoms with E-state index < -0.39 is 5.91 Å². The summed E-state index contributed by atoms with van der Waals surface area (Å²) >= 11 is 0. The maximum absolute atomic E-state index is 12.0. The lowest BCUT2D eigenvalue weighted by Crippen LogP contribution is -2.17. The predicted molar refractivity (Wildman–Crippen MR) is 90.2 cm³/mol. The Labute approximate surface area is 139 Å². The van der Waals surface area contributed by atoms with Crippen LogP contribution in [-0.2, 0) is 11.2 Å². The molecule has 0 fully saturated rings. The molecule has 0 spiro atoms. The minimum absolute atomic E-state index is 0.0474. The summed E-state index contributed by atoms with van der Waals surface area (Å²) in [7, 11) is 0. The van der Waals surface area contributed by atoms with Crippen molar-refractivity contribution in [1.82, 2.24) is 5.32 Å². The molecule has 0 aliphatic carbocycles. The zero-order valence-electron chi connectivity index (χ0n) is 12.9. The van der Waals surface area contributed by atoms with E-state index in [1.165, 1.54) is 18.3 Å². The van der Waals surface area contributed by atoms with Gasteiger partial charge in [0.2, 0.25) is 0 Å². The van der Waals surface area contributed by atoms with Crippen LogP contribution in [0.25, 0.3) is 0 Å². The van der Waals surface area contributed by atoms with Crippen molar-refractivity contribution in [3.63, 3.8) is 0 Å². The van der Waals surface area contributed by atoms with Crippen molar-refractivity contribution < 1.29 is 15.0 Å². The van der Waals surface area contributed by atoms with Crippen LogP contribution in [0.15, 0.2) is 60.3 Å². The maximum atomic E-state index is 12.0. The van der Waals surface area contributed by atoms with Crippen LogP contribution in [0.5, 0.6) is 11.5 Å². The minimum atomic E-state index is -0.527. The summed E-state index contributed by atoms with van der Waals surface area (Å²) in [6, 6.07) is 14.7. The molecule has 0 bridgehead atoms. The van der Waals surface area contributed by atoms with Gasteiger partial charge in [-0.2, -0.15) is 5.26 Å². The van der Waals surface area contributed by atoms with E-state index in [9.17, 15) is 15.0 Å². The largest absolute Gasteiger partial charge is 0.508 e. The molecule has 0 unspecified atom stereocenters. The topological polar surface area (TPSA) is 105 Å². The summed E-state index contributed by atoms with van der Waals surface area (Å²) in [5.41, 5.74) is 1.47. The first kappa shape index (κ1) is 16.9. The molecule has 24 heavy (non-hydrogen) atoms. The van der Waals surface area contributed by atoms with Gasteiger partial charge >= 0.3 is 0 Å². The molecule has 0 saturated carbocycles. The number of aromatic hydroxyl groups is 2. The quantitative estimate of drug-likeness (QED) is 0.282. The van der Waals surface area contributed by atoms with Crippen molar-refractivity contribution in [2.45, 2.75) is 6.42 Å². The van der Waals surface area contributed by atoms with E-state index in [-0.39, 0.29) is 17.1 Å². The van der Waals surface area contributed by atoms with Crippen LogP contribution in [0.3, 0.4) is 0 Å². The molecule has 6 nitrogen and oxygen atoms in total. The number of anilines is 1. The number of hydrogen-bond donors (Lipinski definition) is 4. The average Bonchev–Trinajstić information content (AvgIpc) is 2.58. The lowest BCUT2D eigenvalue weighted by molar-refractivity contribution is -0.112. The maximum Gasteiger partial charge on any atom is 0.267 e. The van der Waals surface area contributed by atoms with Crippen LogP contribution in [0, 0.1) is 11.3 Å². The number of rotatable bonds is 6. The molecule has 0 aliphatic heterocycles. The van der Waals surface area contributed by atoms with Crippen molar-refractivity contribution in [2.24, 2.45) is 0 Å². The fourth-order valence-corrected chi connectivity index (χ4v) is 1.95. The van der Waals surface area contributed by atoms with Gasteiger partial charge in [0.15, 0.2) is 0 Å². The van der Waals surface area contributed by atoms with Gasteiger partial charge in [0.05, 0.1) is 0 Å². The average molecular weight is 323 g/mol. The van der Waals surface area contributed by atoms with Crippen LogP contribution in [0.1, 0.15) is 5.56 Å². The molecule has 0 aromatic heterocycles. The second kappa shape index (κ2) is 8.25. The highest BCUT2D eigenvalue weighted by atomic mass is 16.3. The molecule has 0 saturated heterocycles. The van der Waals surface area contributed by atoms with Gasteiger partial charge in [0, 0.05) is 18.4 Å². The van der Waals surface area contributed by atoms with E-state index in [0.29, 0.717) is 18.7 Å². The Morgan fingerprint density at radius 3 is 2.21 bits per heavy atom. The lowest BCUT2D eigenvalue weighted by atomic mass is 10.1. The van der Waals surface area contributed by atoms with Crippen LogP contribution in [0.2, 0.25) is 0 Å². The van der Waals surface area contributed by atoms with Crippen molar-refractivity contribution in [3.8, 4) is 17.6 Å². The Bertz CT molecular complexity index is 760. The third-order valence-corrected chi connectivity index (χ3v) is 3.23. The number of carbonyl (C=O) groups is 1. The lowest BCUT2D eigenvalue weighted by Gasteiger charge is -2.05. The molecular weight excluding hydrogens is 306 g/mol. The van der Waals surface area contributed by atoms with Gasteiger partial charge in [-0.25, -0.2) is 0 Å². The van der Waals surface area contributed by atoms with E-state index in [4.69, 9.17) is 5.26 Å². The molecule has 0 aliphatic rings. The molecule has 1 amide bonds. The van der Waals surface area contributed by atoms with E-state index in [1.807, 2.05) is 18.2 Å². The van der Waals surface area contributed by atoms with Crippen molar-refractivity contribution in [3.05, 3.63) is 65.9 Å². The summed E-state index contributed by atoms with van der Waals surface area (Å²) in [6.07, 6.45) is 2.06. The van der Waals surface area contributed by atoms with Gasteiger partial charge in [0.1, 0.15) is 23.1 Å². The van der Waals surface area contributed by atoms with Gasteiger partial charge in [0.25, 0.3) is 5.91 Å². The Hall–Kier alpha value is -3.46. The van der Waals surface area contributed by atoms with Gasteiger partial charge in [-0.1, -0.05) is 12.1 Å². The van der Waals surface area contributed by atoms with Gasteiger partial charge in [-0.3, -0.25) is 4.79 Å². The number of benzene rings is 2. The Morgan fingerprint density at radius 1 is 1.04 bits per heavy atom. The SMILES string of the molecule is N#C/C(=C/NCCc1ccc(O)cc1)C(=O)Nc1ccc(O)cc1. The Balaban J connectivity index is 1.86. The molecule has 6 heteroatoms. The number of nitrogens with zero attached hydrogens (tertiary/aromatic N) is 1. The monoisotopic (exact) mass is 323 g/mol. The van der Waals surface area contributed by atoms with Gasteiger partial charge in [-0.05, 0) is 48.4 Å². The first-order chi connectivity index (χ1) is 11.6. The Kier molecular flexibility index (Phi) is 5.81. The van der Waals surface area contributed by atoms with E-state index >= 15 is 0 Å². The summed E-state index contributed by atoms with van der Waals surface area (Å²) < 4.78 is 0. The molecule has 2 aromatic carbocycles. The molecule has 2 rings (SSSR count). The van der Waals surface area contributed by atoms with Crippen LogP contribution >= 0.6 is 0 Å². The normalized spacial score (nSPS) is 10.7. The van der Waals surface area contributed by atoms with E-state index in [1.54, 1.807) is 24.3 Å². The number of carbonyl (C=O) groups excluding carboxylic acids is 1. The van der Waals surface area contributed by atoms with Gasteiger partial charge < -0.3 is 20.8 Å². The number of hydrogen-bond acceptors (Lipinski definition) is 5. The third-order valence-electron chi connectivity index (χ3n) is 3.23. The predicted octanol–water partition coefficient (Wildman–Crippen LogP) is 2.28. The fourth-order valence-electron chi connectivity index (χ4n) is 1.95. The summed E-state index contributed by atoms with van der Waals surface area (Å²) in [5, 5.41) is 33.0. The van der Waals surface area contributed by atoms with Crippen molar-refractivity contribution in [2.75, 3.05) is 11.9 Å². The molecular formula is C18H17N3O3. The fraction of sp³-hybridized carbons (Fsp3) is 0.111. The molecule has 4 N–H and O–H groups in total. The highest BCUT2D eigenvalue weighted by Gasteiger charge is 2.09. The second-order valence-corrected chi connectivity index (χ2v) is 5.04. The standard InChI is InChI=1S/C18H17N3O3/c19-11-14(18(24)21-15-3-7-17(23)8-4-15)12-20-10-9-13-1-5-16(22)6-2-13/h1-8,12,20,22-23H,9-10H2,(H,21,24)/b14-12-. The molecule has 0 atom stereocenters. The molecule has 0 heterocycles. The van der Waals surface area contributed by atoms with Crippen LogP contribution in [0.4, 0.5) is 5.69 Å². The molecule has 122 valence electrons. The highest BCUT2D eigenvalue weighted by molar-refractivity contribution is 6.06. The zero-order valence-corrected chi connectivity index (χ0v) is 12.9. The first-order valence-electron chi connectivity index (χ1n) is 7.30. The van der Waals surface area contributed by atoms with Gasteiger partial charge in [-0.15, -0.1) is 0 Å². The highest BCUT2D eigenvalue weighted by Crippen LogP contribution is 2.14. The van der Waals surface area contributed by atoms with Crippen molar-refractivity contribution >= 4 is 11.6 Å². The van der Waals surface area contributed by atoms with E-state index in [2.05, 4.69) is 10.6 Å². The van der Waals surface area contributed by atoms with Crippen molar-refractivity contribution in [1.29, 1.82) is 5.26 Å². The summed E-state index contributed by atoms with van der Waals surface area (Å²) in [6.45, 7) is 0.544. The number of phenols is 2. The number of nitrogens with one attached hydrogen (secondary N) is 2. The van der Waals surface area contributed by atoms with E-state index in [0.717, 1.165) is 5.56 Å². The minimum Gasteiger partial charge on any atom is -0.508 e. The third kappa shape index (κ3) is 5.07. The molecule has 2 aromatic rings. The zero-order chi connectivity index (χ0) is 17.4. The molecule has 0 radical (unpaired) electrons. The smallest absolute Gasteiger partial charge is 0.267 e. The first-order valence-corrected chi connectivity index (χ1v) is 7.30. The number of phenolic OH excluding ortho intramolecular Hbond substituents is 2. The Morgan fingerprint density at radius 2 is 1.62 bits per heavy atom. The number of amides is 1. The second-order valence-electron chi connectivity index (χ2n) is 5.04. The summed E-state index contributed by atoms with van der Waals surface area (Å²) in [5.74, 6) is -0.218. The van der Waals surface area contributed by atoms with Crippen LogP contribution < -0.4 is 10.6 Å². The van der Waals surface area contributed by atoms with Crippen LogP contribution in [-0.4, -0.2) is 22.7 Å². The summed E-state index contributed by atoms with van der Waals surface area (Å²) in [4.78, 5) is 12.0.